The maximum atomic E-state index is 13.8. The Bertz CT molecular complexity index is 1110. The second-order valence-corrected chi connectivity index (χ2v) is 10.9. The Labute approximate surface area is 206 Å². The van der Waals surface area contributed by atoms with Crippen molar-refractivity contribution in [1.29, 1.82) is 0 Å². The van der Waals surface area contributed by atoms with E-state index >= 15 is 0 Å². The molecule has 11 heteroatoms. The van der Waals surface area contributed by atoms with E-state index in [4.69, 9.17) is 4.74 Å². The fraction of sp³-hybridized carbons (Fsp3) is 0.364. The number of aliphatic hydroxyl groups excluding tert-OH is 1. The molecule has 7 nitrogen and oxygen atoms in total. The topological polar surface area (TPSA) is 90.9 Å². The van der Waals surface area contributed by atoms with E-state index in [1.807, 2.05) is 24.3 Å². The van der Waals surface area contributed by atoms with Crippen molar-refractivity contribution in [3.05, 3.63) is 80.4 Å². The number of allylic oxidation sites excluding steroid dienone is 1. The normalized spacial score (nSPS) is 16.0. The van der Waals surface area contributed by atoms with Gasteiger partial charge in [-0.05, 0) is 71.3 Å². The van der Waals surface area contributed by atoms with Gasteiger partial charge in [0.2, 0.25) is 15.9 Å². The van der Waals surface area contributed by atoms with Crippen LogP contribution in [0.3, 0.4) is 0 Å². The van der Waals surface area contributed by atoms with Crippen LogP contribution in [-0.2, 0) is 27.7 Å². The second kappa shape index (κ2) is 11.0. The van der Waals surface area contributed by atoms with Crippen LogP contribution in [0, 0.1) is 15.2 Å². The van der Waals surface area contributed by atoms with Crippen molar-refractivity contribution in [1.82, 2.24) is 14.9 Å². The van der Waals surface area contributed by atoms with Crippen LogP contribution < -0.4 is 10.0 Å². The summed E-state index contributed by atoms with van der Waals surface area (Å²) in [5, 5.41) is 14.2. The lowest BCUT2D eigenvalue weighted by atomic mass is 9.99. The maximum Gasteiger partial charge on any atom is 0.232 e. The summed E-state index contributed by atoms with van der Waals surface area (Å²) in [4.78, 5) is 1.69. The summed E-state index contributed by atoms with van der Waals surface area (Å²) >= 11 is 2.22. The quantitative estimate of drug-likeness (QED) is 0.368. The summed E-state index contributed by atoms with van der Waals surface area (Å²) < 4.78 is 59.7. The summed E-state index contributed by atoms with van der Waals surface area (Å²) in [5.74, 6) is -1.36. The maximum absolute atomic E-state index is 13.8. The van der Waals surface area contributed by atoms with Crippen molar-refractivity contribution in [2.24, 2.45) is 0 Å². The van der Waals surface area contributed by atoms with Crippen LogP contribution in [0.1, 0.15) is 18.1 Å². The van der Waals surface area contributed by atoms with Gasteiger partial charge in [0.25, 0.3) is 0 Å². The van der Waals surface area contributed by atoms with Gasteiger partial charge in [-0.25, -0.2) is 17.2 Å². The van der Waals surface area contributed by atoms with Gasteiger partial charge in [0.1, 0.15) is 11.6 Å². The van der Waals surface area contributed by atoms with Crippen molar-refractivity contribution >= 4 is 32.6 Å². The highest BCUT2D eigenvalue weighted by atomic mass is 127. The Balaban J connectivity index is 1.78. The van der Waals surface area contributed by atoms with E-state index in [0.717, 1.165) is 21.5 Å². The molecule has 0 amide bonds. The number of rotatable bonds is 10. The number of hydrogen-bond donors (Lipinski definition) is 3. The summed E-state index contributed by atoms with van der Waals surface area (Å²) in [7, 11) is -3.56. The van der Waals surface area contributed by atoms with Gasteiger partial charge in [-0.1, -0.05) is 12.1 Å². The van der Waals surface area contributed by atoms with Gasteiger partial charge in [-0.2, -0.15) is 0 Å². The monoisotopic (exact) mass is 593 g/mol. The van der Waals surface area contributed by atoms with E-state index < -0.39 is 33.8 Å². The van der Waals surface area contributed by atoms with Gasteiger partial charge in [0.15, 0.2) is 6.73 Å². The number of ether oxygens (including phenoxy) is 1. The number of hydrogen-bond acceptors (Lipinski definition) is 6. The largest absolute Gasteiger partial charge is 0.456 e. The summed E-state index contributed by atoms with van der Waals surface area (Å²) in [5.41, 5.74) is 1.89. The summed E-state index contributed by atoms with van der Waals surface area (Å²) in [6, 6.07) is 10.5. The number of benzene rings is 2. The first-order valence-electron chi connectivity index (χ1n) is 10.2. The average Bonchev–Trinajstić information content (AvgIpc) is 3.04. The molecule has 33 heavy (non-hydrogen) atoms. The van der Waals surface area contributed by atoms with Gasteiger partial charge >= 0.3 is 0 Å². The van der Waals surface area contributed by atoms with Crippen molar-refractivity contribution in [3.8, 4) is 0 Å². The third-order valence-corrected chi connectivity index (χ3v) is 6.40. The summed E-state index contributed by atoms with van der Waals surface area (Å²) in [6.07, 6.45) is 0.180. The van der Waals surface area contributed by atoms with Crippen LogP contribution in [0.4, 0.5) is 8.78 Å². The molecule has 0 radical (unpaired) electrons. The fourth-order valence-electron chi connectivity index (χ4n) is 3.65. The molecular weight excluding hydrogens is 567 g/mol. The Morgan fingerprint density at radius 2 is 1.88 bits per heavy atom. The minimum absolute atomic E-state index is 0.0138. The number of halogens is 3. The molecule has 2 aromatic carbocycles. The predicted octanol–water partition coefficient (Wildman–Crippen LogP) is 2.66. The first-order chi connectivity index (χ1) is 15.5. The number of nitrogens with one attached hydrogen (secondary N) is 2. The molecule has 1 heterocycles. The number of sulfonamides is 1. The van der Waals surface area contributed by atoms with Crippen molar-refractivity contribution in [2.75, 3.05) is 19.5 Å². The molecule has 2 aromatic rings. The van der Waals surface area contributed by atoms with E-state index in [2.05, 4.69) is 32.6 Å². The Hall–Kier alpha value is -1.96. The second-order valence-electron chi connectivity index (χ2n) is 7.91. The number of nitrogens with zero attached hydrogens (tertiary/aromatic N) is 1. The molecule has 0 saturated heterocycles. The highest BCUT2D eigenvalue weighted by Gasteiger charge is 2.33. The Morgan fingerprint density at radius 1 is 1.18 bits per heavy atom. The Kier molecular flexibility index (Phi) is 8.54. The molecule has 0 aromatic heterocycles. The van der Waals surface area contributed by atoms with E-state index in [9.17, 15) is 22.3 Å². The van der Waals surface area contributed by atoms with Crippen LogP contribution in [0.25, 0.3) is 0 Å². The molecule has 0 bridgehead atoms. The van der Waals surface area contributed by atoms with Crippen LogP contribution in [-0.4, -0.2) is 50.1 Å². The molecule has 0 saturated carbocycles. The van der Waals surface area contributed by atoms with E-state index in [1.54, 1.807) is 11.8 Å². The minimum Gasteiger partial charge on any atom is -0.456 e. The third kappa shape index (κ3) is 7.52. The first kappa shape index (κ1) is 25.7. The lowest BCUT2D eigenvalue weighted by molar-refractivity contribution is 0.0345. The fourth-order valence-corrected chi connectivity index (χ4v) is 4.80. The van der Waals surface area contributed by atoms with Gasteiger partial charge in [0, 0.05) is 22.7 Å². The standard InChI is InChI=1S/C22H26F2IN3O4S/c1-14-22(27-33(2,30)31)32-13-28(14)20(9-16-6-17(23)10-18(24)7-16)21(29)12-26-11-15-4-3-5-19(25)8-15/h3-8,10,20-21,26-27,29H,9,11-13H2,1-2H3. The minimum atomic E-state index is -3.56. The highest BCUT2D eigenvalue weighted by Crippen LogP contribution is 2.25. The molecule has 0 aliphatic carbocycles. The molecular formula is C22H26F2IN3O4S. The average molecular weight is 593 g/mol. The smallest absolute Gasteiger partial charge is 0.232 e. The van der Waals surface area contributed by atoms with Crippen molar-refractivity contribution < 1.29 is 27.0 Å². The molecule has 0 fully saturated rings. The van der Waals surface area contributed by atoms with Crippen molar-refractivity contribution in [2.45, 2.75) is 32.0 Å². The van der Waals surface area contributed by atoms with Crippen LogP contribution in [0.5, 0.6) is 0 Å². The van der Waals surface area contributed by atoms with E-state index in [1.165, 1.54) is 12.1 Å². The third-order valence-electron chi connectivity index (χ3n) is 5.17. The van der Waals surface area contributed by atoms with E-state index in [0.29, 0.717) is 17.8 Å². The van der Waals surface area contributed by atoms with E-state index in [-0.39, 0.29) is 25.6 Å². The van der Waals surface area contributed by atoms with Crippen LogP contribution in [0.15, 0.2) is 54.0 Å². The van der Waals surface area contributed by atoms with Gasteiger partial charge in [0.05, 0.1) is 24.1 Å². The van der Waals surface area contributed by atoms with Gasteiger partial charge in [-0.15, -0.1) is 0 Å². The molecule has 3 rings (SSSR count). The molecule has 180 valence electrons. The number of aliphatic hydroxyl groups is 1. The molecule has 0 spiro atoms. The summed E-state index contributed by atoms with van der Waals surface area (Å²) in [6.45, 7) is 2.37. The molecule has 1 aliphatic heterocycles. The lowest BCUT2D eigenvalue weighted by Gasteiger charge is -2.33. The zero-order valence-electron chi connectivity index (χ0n) is 18.2. The molecule has 2 unspecified atom stereocenters. The molecule has 3 N–H and O–H groups in total. The first-order valence-corrected chi connectivity index (χ1v) is 13.1. The predicted molar refractivity (Wildman–Crippen MR) is 129 cm³/mol. The Morgan fingerprint density at radius 3 is 2.52 bits per heavy atom. The lowest BCUT2D eigenvalue weighted by Crippen LogP contribution is -2.47. The SMILES string of the molecule is CC1=C(NS(C)(=O)=O)OCN1C(Cc1cc(F)cc(F)c1)C(O)CNCc1cccc(I)c1. The molecule has 2 atom stereocenters. The zero-order chi connectivity index (χ0) is 24.2. The van der Waals surface area contributed by atoms with Crippen LogP contribution in [0.2, 0.25) is 0 Å². The van der Waals surface area contributed by atoms with Gasteiger partial charge in [-0.3, -0.25) is 4.72 Å². The van der Waals surface area contributed by atoms with Crippen molar-refractivity contribution in [3.63, 3.8) is 0 Å². The van der Waals surface area contributed by atoms with Crippen LogP contribution >= 0.6 is 22.6 Å². The highest BCUT2D eigenvalue weighted by molar-refractivity contribution is 14.1. The molecule has 1 aliphatic rings. The zero-order valence-corrected chi connectivity index (χ0v) is 21.2. The van der Waals surface area contributed by atoms with Gasteiger partial charge < -0.3 is 20.1 Å².